The van der Waals surface area contributed by atoms with Crippen LogP contribution in [0.5, 0.6) is 0 Å². The molecule has 0 spiro atoms. The molecule has 1 aromatic rings. The van der Waals surface area contributed by atoms with Crippen LogP contribution in [0.3, 0.4) is 0 Å². The molecule has 7 nitrogen and oxygen atoms in total. The van der Waals surface area contributed by atoms with Crippen LogP contribution < -0.4 is 5.32 Å². The molecule has 2 aliphatic rings. The molecule has 3 rings (SSSR count). The minimum Gasteiger partial charge on any atom is -0.353 e. The number of rotatable bonds is 5. The maximum Gasteiger partial charge on any atom is 0.254 e. The molecule has 2 heterocycles. The first kappa shape index (κ1) is 22.2. The molecule has 0 unspecified atom stereocenters. The van der Waals surface area contributed by atoms with Crippen LogP contribution in [0.1, 0.15) is 55.8 Å². The molecule has 9 heteroatoms. The molecule has 2 fully saturated rings. The predicted octanol–water partition coefficient (Wildman–Crippen LogP) is 2.55. The average molecular weight is 442 g/mol. The highest BCUT2D eigenvalue weighted by Crippen LogP contribution is 2.29. The van der Waals surface area contributed by atoms with Crippen molar-refractivity contribution in [1.29, 1.82) is 0 Å². The Morgan fingerprint density at radius 1 is 1.10 bits per heavy atom. The fraction of sp³-hybridized carbons (Fsp3) is 0.700. The van der Waals surface area contributed by atoms with Crippen molar-refractivity contribution >= 4 is 33.2 Å². The zero-order chi connectivity index (χ0) is 21.2. The van der Waals surface area contributed by atoms with Gasteiger partial charge in [-0.2, -0.15) is 4.31 Å². The summed E-state index contributed by atoms with van der Waals surface area (Å²) in [6.07, 6.45) is 5.44. The van der Waals surface area contributed by atoms with E-state index in [0.717, 1.165) is 42.9 Å². The number of piperidine rings is 1. The van der Waals surface area contributed by atoms with Gasteiger partial charge in [-0.25, -0.2) is 8.42 Å². The first-order valence-corrected chi connectivity index (χ1v) is 12.6. The molecule has 1 aromatic heterocycles. The SMILES string of the molecule is CC1CCC(NC(=O)C2CCN(S(=O)(=O)c3cc(C(=O)N(C)C)cs3)CC2)CC1. The van der Waals surface area contributed by atoms with Crippen LogP contribution in [0.25, 0.3) is 0 Å². The summed E-state index contributed by atoms with van der Waals surface area (Å²) in [6, 6.07) is 1.71. The summed E-state index contributed by atoms with van der Waals surface area (Å²) in [4.78, 5) is 26.1. The van der Waals surface area contributed by atoms with Crippen molar-refractivity contribution in [3.63, 3.8) is 0 Å². The molecule has 1 aliphatic carbocycles. The fourth-order valence-corrected chi connectivity index (χ4v) is 6.81. The molecule has 0 atom stereocenters. The van der Waals surface area contributed by atoms with Crippen LogP contribution in [-0.2, 0) is 14.8 Å². The molecule has 0 aromatic carbocycles. The van der Waals surface area contributed by atoms with E-state index in [1.54, 1.807) is 19.5 Å². The molecule has 162 valence electrons. The first-order chi connectivity index (χ1) is 13.7. The van der Waals surface area contributed by atoms with Gasteiger partial charge in [-0.1, -0.05) is 6.92 Å². The molecule has 0 radical (unpaired) electrons. The molecule has 1 N–H and O–H groups in total. The summed E-state index contributed by atoms with van der Waals surface area (Å²) in [7, 11) is -0.360. The third-order valence-electron chi connectivity index (χ3n) is 6.01. The van der Waals surface area contributed by atoms with Crippen molar-refractivity contribution < 1.29 is 18.0 Å². The van der Waals surface area contributed by atoms with Gasteiger partial charge in [-0.3, -0.25) is 9.59 Å². The first-order valence-electron chi connectivity index (χ1n) is 10.3. The van der Waals surface area contributed by atoms with Crippen LogP contribution >= 0.6 is 11.3 Å². The second kappa shape index (κ2) is 9.14. The van der Waals surface area contributed by atoms with Crippen molar-refractivity contribution in [2.75, 3.05) is 27.2 Å². The van der Waals surface area contributed by atoms with Gasteiger partial charge in [0.2, 0.25) is 5.91 Å². The normalized spacial score (nSPS) is 24.2. The summed E-state index contributed by atoms with van der Waals surface area (Å²) >= 11 is 1.07. The van der Waals surface area contributed by atoms with E-state index in [2.05, 4.69) is 12.2 Å². The van der Waals surface area contributed by atoms with Gasteiger partial charge in [0.25, 0.3) is 15.9 Å². The Kier molecular flexibility index (Phi) is 7.01. The molecule has 29 heavy (non-hydrogen) atoms. The molecule has 0 bridgehead atoms. The maximum atomic E-state index is 12.9. The van der Waals surface area contributed by atoms with Gasteiger partial charge in [0.05, 0.1) is 5.56 Å². The van der Waals surface area contributed by atoms with Crippen molar-refractivity contribution in [1.82, 2.24) is 14.5 Å². The standard InChI is InChI=1S/C20H31N3O4S2/c1-14-4-6-17(7-5-14)21-19(24)15-8-10-23(11-9-15)29(26,27)18-12-16(13-28-18)20(25)22(2)3/h12-15,17H,4-11H2,1-3H3,(H,21,24). The van der Waals surface area contributed by atoms with Gasteiger partial charge in [0.1, 0.15) is 4.21 Å². The lowest BCUT2D eigenvalue weighted by molar-refractivity contribution is -0.127. The molecule has 1 aliphatic heterocycles. The van der Waals surface area contributed by atoms with Gasteiger partial charge in [0, 0.05) is 44.5 Å². The van der Waals surface area contributed by atoms with E-state index in [1.165, 1.54) is 15.3 Å². The fourth-order valence-electron chi connectivity index (χ4n) is 4.03. The van der Waals surface area contributed by atoms with Gasteiger partial charge in [-0.15, -0.1) is 11.3 Å². The summed E-state index contributed by atoms with van der Waals surface area (Å²) in [5, 5.41) is 4.76. The van der Waals surface area contributed by atoms with Gasteiger partial charge in [0.15, 0.2) is 0 Å². The Balaban J connectivity index is 1.55. The van der Waals surface area contributed by atoms with Gasteiger partial charge < -0.3 is 10.2 Å². The highest BCUT2D eigenvalue weighted by molar-refractivity contribution is 7.91. The van der Waals surface area contributed by atoms with Crippen molar-refractivity contribution in [2.24, 2.45) is 11.8 Å². The Bertz CT molecular complexity index is 834. The summed E-state index contributed by atoms with van der Waals surface area (Å²) in [6.45, 7) is 2.91. The highest BCUT2D eigenvalue weighted by atomic mass is 32.2. The number of nitrogens with one attached hydrogen (secondary N) is 1. The molecule has 2 amide bonds. The topological polar surface area (TPSA) is 86.8 Å². The Hall–Kier alpha value is -1.45. The number of thiophene rings is 1. The van der Waals surface area contributed by atoms with E-state index in [1.807, 2.05) is 0 Å². The van der Waals surface area contributed by atoms with Crippen molar-refractivity contribution in [3.05, 3.63) is 17.0 Å². The molecular weight excluding hydrogens is 410 g/mol. The number of sulfonamides is 1. The summed E-state index contributed by atoms with van der Waals surface area (Å²) in [5.41, 5.74) is 0.384. The van der Waals surface area contributed by atoms with E-state index in [-0.39, 0.29) is 28.0 Å². The third kappa shape index (κ3) is 5.19. The number of nitrogens with zero attached hydrogens (tertiary/aromatic N) is 2. The van der Waals surface area contributed by atoms with Crippen LogP contribution in [0, 0.1) is 11.8 Å². The molecular formula is C20H31N3O4S2. The highest BCUT2D eigenvalue weighted by Gasteiger charge is 2.34. The number of hydrogen-bond acceptors (Lipinski definition) is 5. The van der Waals surface area contributed by atoms with Crippen molar-refractivity contribution in [2.45, 2.75) is 55.7 Å². The van der Waals surface area contributed by atoms with Gasteiger partial charge >= 0.3 is 0 Å². The van der Waals surface area contributed by atoms with Gasteiger partial charge in [-0.05, 0) is 50.5 Å². The lowest BCUT2D eigenvalue weighted by Gasteiger charge is -2.32. The second-order valence-electron chi connectivity index (χ2n) is 8.50. The van der Waals surface area contributed by atoms with E-state index in [0.29, 0.717) is 31.5 Å². The smallest absolute Gasteiger partial charge is 0.254 e. The minimum atomic E-state index is -3.63. The maximum absolute atomic E-state index is 12.9. The number of carbonyl (C=O) groups is 2. The zero-order valence-electron chi connectivity index (χ0n) is 17.4. The van der Waals surface area contributed by atoms with Crippen LogP contribution in [0.4, 0.5) is 0 Å². The monoisotopic (exact) mass is 441 g/mol. The third-order valence-corrected chi connectivity index (χ3v) is 9.32. The largest absolute Gasteiger partial charge is 0.353 e. The lowest BCUT2D eigenvalue weighted by Crippen LogP contribution is -2.45. The van der Waals surface area contributed by atoms with Crippen LogP contribution in [0.15, 0.2) is 15.7 Å². The predicted molar refractivity (Wildman–Crippen MR) is 113 cm³/mol. The van der Waals surface area contributed by atoms with E-state index in [4.69, 9.17) is 0 Å². The molecule has 1 saturated heterocycles. The second-order valence-corrected chi connectivity index (χ2v) is 11.6. The lowest BCUT2D eigenvalue weighted by atomic mass is 9.87. The van der Waals surface area contributed by atoms with E-state index in [9.17, 15) is 18.0 Å². The Labute approximate surface area is 177 Å². The quantitative estimate of drug-likeness (QED) is 0.761. The minimum absolute atomic E-state index is 0.0663. The van der Waals surface area contributed by atoms with Crippen molar-refractivity contribution in [3.8, 4) is 0 Å². The van der Waals surface area contributed by atoms with E-state index >= 15 is 0 Å². The number of amides is 2. The van der Waals surface area contributed by atoms with Crippen LogP contribution in [-0.4, -0.2) is 62.7 Å². The average Bonchev–Trinajstić information content (AvgIpc) is 3.20. The molecule has 1 saturated carbocycles. The zero-order valence-corrected chi connectivity index (χ0v) is 19.0. The Morgan fingerprint density at radius 3 is 2.31 bits per heavy atom. The van der Waals surface area contributed by atoms with Crippen LogP contribution in [0.2, 0.25) is 0 Å². The van der Waals surface area contributed by atoms with E-state index < -0.39 is 10.0 Å². The summed E-state index contributed by atoms with van der Waals surface area (Å²) < 4.78 is 27.5. The number of carbonyl (C=O) groups excluding carboxylic acids is 2. The summed E-state index contributed by atoms with van der Waals surface area (Å²) in [5.74, 6) is 0.462. The number of hydrogen-bond donors (Lipinski definition) is 1. The Morgan fingerprint density at radius 2 is 1.72 bits per heavy atom.